The van der Waals surface area contributed by atoms with E-state index in [2.05, 4.69) is 5.32 Å². The van der Waals surface area contributed by atoms with Crippen LogP contribution in [-0.4, -0.2) is 12.0 Å². The van der Waals surface area contributed by atoms with Crippen molar-refractivity contribution in [1.29, 1.82) is 0 Å². The van der Waals surface area contributed by atoms with E-state index in [1.807, 2.05) is 63.2 Å². The van der Waals surface area contributed by atoms with Crippen LogP contribution in [0.2, 0.25) is 5.02 Å². The first kappa shape index (κ1) is 17.4. The largest absolute Gasteiger partial charge is 0.481 e. The van der Waals surface area contributed by atoms with Crippen LogP contribution in [0, 0.1) is 13.8 Å². The number of amides is 1. The van der Waals surface area contributed by atoms with E-state index in [4.69, 9.17) is 16.3 Å². The molecule has 0 radical (unpaired) electrons. The zero-order valence-electron chi connectivity index (χ0n) is 13.7. The van der Waals surface area contributed by atoms with Crippen LogP contribution >= 0.6 is 11.6 Å². The Morgan fingerprint density at radius 3 is 2.57 bits per heavy atom. The van der Waals surface area contributed by atoms with Crippen molar-refractivity contribution in [2.24, 2.45) is 0 Å². The summed E-state index contributed by atoms with van der Waals surface area (Å²) in [4.78, 5) is 12.3. The average molecular weight is 332 g/mol. The quantitative estimate of drug-likeness (QED) is 0.850. The molecule has 1 atom stereocenters. The molecule has 2 aromatic carbocycles. The van der Waals surface area contributed by atoms with Crippen LogP contribution in [0.15, 0.2) is 42.5 Å². The predicted octanol–water partition coefficient (Wildman–Crippen LogP) is 4.43. The van der Waals surface area contributed by atoms with E-state index in [1.165, 1.54) is 5.56 Å². The number of nitrogens with one attached hydrogen (secondary N) is 1. The van der Waals surface area contributed by atoms with E-state index in [-0.39, 0.29) is 5.91 Å². The molecule has 122 valence electrons. The lowest BCUT2D eigenvalue weighted by Gasteiger charge is -2.18. The Balaban J connectivity index is 1.98. The zero-order valence-corrected chi connectivity index (χ0v) is 14.5. The summed E-state index contributed by atoms with van der Waals surface area (Å²) in [5.74, 6) is 0.582. The van der Waals surface area contributed by atoms with E-state index in [1.54, 1.807) is 0 Å². The topological polar surface area (TPSA) is 38.3 Å². The molecular weight excluding hydrogens is 310 g/mol. The molecule has 0 aliphatic rings. The molecule has 0 heterocycles. The van der Waals surface area contributed by atoms with Crippen molar-refractivity contribution in [3.05, 3.63) is 64.2 Å². The van der Waals surface area contributed by atoms with Gasteiger partial charge in [0.15, 0.2) is 6.10 Å². The van der Waals surface area contributed by atoms with Crippen LogP contribution in [-0.2, 0) is 11.3 Å². The smallest absolute Gasteiger partial charge is 0.261 e. The Bertz CT molecular complexity index is 685. The van der Waals surface area contributed by atoms with Gasteiger partial charge in [-0.15, -0.1) is 0 Å². The van der Waals surface area contributed by atoms with Gasteiger partial charge in [0.2, 0.25) is 0 Å². The lowest BCUT2D eigenvalue weighted by Crippen LogP contribution is -2.37. The maximum Gasteiger partial charge on any atom is 0.261 e. The summed E-state index contributed by atoms with van der Waals surface area (Å²) in [7, 11) is 0. The molecule has 1 amide bonds. The molecule has 0 aliphatic carbocycles. The molecule has 3 nitrogen and oxygen atoms in total. The standard InChI is InChI=1S/C19H22ClNO2/c1-4-18(23-16-10-9-13(2)14(3)11-16)19(22)21-12-15-7-5-6-8-17(15)20/h5-11,18H,4,12H2,1-3H3,(H,21,22)/t18-/m1/s1. The molecule has 0 fully saturated rings. The van der Waals surface area contributed by atoms with E-state index >= 15 is 0 Å². The third-order valence-corrected chi connectivity index (χ3v) is 4.20. The van der Waals surface area contributed by atoms with Gasteiger partial charge in [0.25, 0.3) is 5.91 Å². The highest BCUT2D eigenvalue weighted by Gasteiger charge is 2.18. The van der Waals surface area contributed by atoms with Crippen molar-refractivity contribution in [1.82, 2.24) is 5.32 Å². The highest BCUT2D eigenvalue weighted by atomic mass is 35.5. The van der Waals surface area contributed by atoms with Gasteiger partial charge in [-0.05, 0) is 55.2 Å². The molecule has 0 saturated heterocycles. The molecule has 2 rings (SSSR count). The third-order valence-electron chi connectivity index (χ3n) is 3.83. The van der Waals surface area contributed by atoms with Crippen LogP contribution in [0.25, 0.3) is 0 Å². The SMILES string of the molecule is CC[C@@H](Oc1ccc(C)c(C)c1)C(=O)NCc1ccccc1Cl. The molecule has 2 aromatic rings. The van der Waals surface area contributed by atoms with Gasteiger partial charge in [0.05, 0.1) is 0 Å². The molecule has 0 spiro atoms. The zero-order chi connectivity index (χ0) is 16.8. The first-order chi connectivity index (χ1) is 11.0. The number of rotatable bonds is 6. The molecule has 1 N–H and O–H groups in total. The van der Waals surface area contributed by atoms with Crippen LogP contribution in [0.3, 0.4) is 0 Å². The highest BCUT2D eigenvalue weighted by Crippen LogP contribution is 2.19. The van der Waals surface area contributed by atoms with Crippen molar-refractivity contribution in [3.63, 3.8) is 0 Å². The number of hydrogen-bond donors (Lipinski definition) is 1. The van der Waals surface area contributed by atoms with Crippen molar-refractivity contribution in [2.45, 2.75) is 39.8 Å². The third kappa shape index (κ3) is 4.73. The Morgan fingerprint density at radius 1 is 1.17 bits per heavy atom. The molecule has 4 heteroatoms. The van der Waals surface area contributed by atoms with E-state index in [0.29, 0.717) is 23.7 Å². The van der Waals surface area contributed by atoms with Gasteiger partial charge in [0.1, 0.15) is 5.75 Å². The number of hydrogen-bond acceptors (Lipinski definition) is 2. The van der Waals surface area contributed by atoms with E-state index < -0.39 is 6.10 Å². The summed E-state index contributed by atoms with van der Waals surface area (Å²) >= 11 is 6.10. The van der Waals surface area contributed by atoms with E-state index in [0.717, 1.165) is 11.1 Å². The Hall–Kier alpha value is -2.00. The van der Waals surface area contributed by atoms with Gasteiger partial charge in [0, 0.05) is 11.6 Å². The van der Waals surface area contributed by atoms with Gasteiger partial charge in [-0.25, -0.2) is 0 Å². The van der Waals surface area contributed by atoms with Crippen LogP contribution < -0.4 is 10.1 Å². The summed E-state index contributed by atoms with van der Waals surface area (Å²) in [6.07, 6.45) is 0.0842. The monoisotopic (exact) mass is 331 g/mol. The molecule has 0 saturated carbocycles. The van der Waals surface area contributed by atoms with Crippen molar-refractivity contribution < 1.29 is 9.53 Å². The Kier molecular flexibility index (Phi) is 6.05. The van der Waals surface area contributed by atoms with Gasteiger partial charge in [-0.1, -0.05) is 42.8 Å². The predicted molar refractivity (Wildman–Crippen MR) is 93.9 cm³/mol. The van der Waals surface area contributed by atoms with Gasteiger partial charge >= 0.3 is 0 Å². The van der Waals surface area contributed by atoms with E-state index in [9.17, 15) is 4.79 Å². The molecular formula is C19H22ClNO2. The number of ether oxygens (including phenoxy) is 1. The Labute approximate surface area is 142 Å². The normalized spacial score (nSPS) is 11.8. The average Bonchev–Trinajstić information content (AvgIpc) is 2.54. The summed E-state index contributed by atoms with van der Waals surface area (Å²) in [5, 5.41) is 3.54. The van der Waals surface area contributed by atoms with Gasteiger partial charge in [-0.3, -0.25) is 4.79 Å². The minimum absolute atomic E-state index is 0.134. The molecule has 0 aromatic heterocycles. The molecule has 23 heavy (non-hydrogen) atoms. The highest BCUT2D eigenvalue weighted by molar-refractivity contribution is 6.31. The number of carbonyl (C=O) groups excluding carboxylic acids is 1. The van der Waals surface area contributed by atoms with Crippen molar-refractivity contribution >= 4 is 17.5 Å². The summed E-state index contributed by atoms with van der Waals surface area (Å²) < 4.78 is 5.83. The lowest BCUT2D eigenvalue weighted by molar-refractivity contribution is -0.128. The second-order valence-corrected chi connectivity index (χ2v) is 5.98. The summed E-state index contributed by atoms with van der Waals surface area (Å²) in [6, 6.07) is 13.3. The maximum absolute atomic E-state index is 12.3. The second kappa shape index (κ2) is 8.02. The lowest BCUT2D eigenvalue weighted by atomic mass is 10.1. The Morgan fingerprint density at radius 2 is 1.91 bits per heavy atom. The van der Waals surface area contributed by atoms with Crippen molar-refractivity contribution in [3.8, 4) is 5.75 Å². The maximum atomic E-state index is 12.3. The van der Waals surface area contributed by atoms with Gasteiger partial charge < -0.3 is 10.1 Å². The van der Waals surface area contributed by atoms with Crippen LogP contribution in [0.5, 0.6) is 5.75 Å². The second-order valence-electron chi connectivity index (χ2n) is 5.57. The summed E-state index contributed by atoms with van der Waals surface area (Å²) in [5.41, 5.74) is 3.24. The van der Waals surface area contributed by atoms with Crippen molar-refractivity contribution in [2.75, 3.05) is 0 Å². The molecule has 0 aliphatic heterocycles. The van der Waals surface area contributed by atoms with Gasteiger partial charge in [-0.2, -0.15) is 0 Å². The number of halogens is 1. The number of carbonyl (C=O) groups is 1. The number of benzene rings is 2. The molecule has 0 unspecified atom stereocenters. The first-order valence-corrected chi connectivity index (χ1v) is 8.14. The fourth-order valence-electron chi connectivity index (χ4n) is 2.21. The summed E-state index contributed by atoms with van der Waals surface area (Å²) in [6.45, 7) is 6.40. The van der Waals surface area contributed by atoms with Crippen LogP contribution in [0.1, 0.15) is 30.0 Å². The first-order valence-electron chi connectivity index (χ1n) is 7.76. The number of aryl methyl sites for hydroxylation is 2. The fourth-order valence-corrected chi connectivity index (χ4v) is 2.41. The minimum Gasteiger partial charge on any atom is -0.481 e. The molecule has 0 bridgehead atoms. The fraction of sp³-hybridized carbons (Fsp3) is 0.316. The minimum atomic E-state index is -0.514. The van der Waals surface area contributed by atoms with Crippen LogP contribution in [0.4, 0.5) is 0 Å².